The van der Waals surface area contributed by atoms with E-state index in [1.165, 1.54) is 18.2 Å². The Balaban J connectivity index is 1.81. The van der Waals surface area contributed by atoms with Gasteiger partial charge in [0.05, 0.1) is 5.56 Å². The second-order valence-corrected chi connectivity index (χ2v) is 6.88. The van der Waals surface area contributed by atoms with Crippen molar-refractivity contribution in [2.45, 2.75) is 32.4 Å². The number of hydrogen-bond acceptors (Lipinski definition) is 4. The van der Waals surface area contributed by atoms with Crippen molar-refractivity contribution in [3.05, 3.63) is 59.4 Å². The van der Waals surface area contributed by atoms with E-state index in [1.807, 2.05) is 6.92 Å². The van der Waals surface area contributed by atoms with Gasteiger partial charge in [-0.3, -0.25) is 9.59 Å². The van der Waals surface area contributed by atoms with E-state index in [0.717, 1.165) is 12.0 Å². The van der Waals surface area contributed by atoms with E-state index in [4.69, 9.17) is 9.47 Å². The van der Waals surface area contributed by atoms with Crippen LogP contribution in [0.15, 0.2) is 42.5 Å². The summed E-state index contributed by atoms with van der Waals surface area (Å²) in [5.74, 6) is -0.555. The lowest BCUT2D eigenvalue weighted by molar-refractivity contribution is -0.138. The van der Waals surface area contributed by atoms with E-state index in [9.17, 15) is 14.0 Å². The quantitative estimate of drug-likeness (QED) is 0.721. The number of methoxy groups -OCH3 is 1. The third-order valence-electron chi connectivity index (χ3n) is 4.80. The SMILES string of the molecule is CCC1Oc2ccc(NC(=O)c3ccccc3F)cc2CN(CCCOC)C1=O. The fourth-order valence-corrected chi connectivity index (χ4v) is 3.28. The molecule has 1 atom stereocenters. The average Bonchev–Trinajstić information content (AvgIpc) is 2.85. The number of fused-ring (bicyclic) bond motifs is 1. The van der Waals surface area contributed by atoms with Gasteiger partial charge in [0.25, 0.3) is 11.8 Å². The molecule has 0 saturated heterocycles. The smallest absolute Gasteiger partial charge is 0.263 e. The Labute approximate surface area is 169 Å². The summed E-state index contributed by atoms with van der Waals surface area (Å²) in [6.07, 6.45) is 0.736. The lowest BCUT2D eigenvalue weighted by Gasteiger charge is -2.23. The second kappa shape index (κ2) is 9.52. The van der Waals surface area contributed by atoms with Gasteiger partial charge in [-0.15, -0.1) is 0 Å². The van der Waals surface area contributed by atoms with Gasteiger partial charge >= 0.3 is 0 Å². The Morgan fingerprint density at radius 1 is 1.31 bits per heavy atom. The monoisotopic (exact) mass is 400 g/mol. The molecule has 2 aromatic carbocycles. The summed E-state index contributed by atoms with van der Waals surface area (Å²) in [6.45, 7) is 3.40. The number of carbonyl (C=O) groups is 2. The molecule has 1 heterocycles. The van der Waals surface area contributed by atoms with Gasteiger partial charge < -0.3 is 19.7 Å². The Bertz CT molecular complexity index is 887. The Hall–Kier alpha value is -2.93. The molecule has 29 heavy (non-hydrogen) atoms. The first-order chi connectivity index (χ1) is 14.0. The molecule has 0 aromatic heterocycles. The number of ether oxygens (including phenoxy) is 2. The maximum atomic E-state index is 13.9. The minimum absolute atomic E-state index is 0.0268. The predicted octanol–water partition coefficient (Wildman–Crippen LogP) is 3.61. The molecule has 6 nitrogen and oxygen atoms in total. The van der Waals surface area contributed by atoms with Crippen molar-refractivity contribution in [1.29, 1.82) is 0 Å². The van der Waals surface area contributed by atoms with Crippen LogP contribution >= 0.6 is 0 Å². The van der Waals surface area contributed by atoms with Gasteiger partial charge in [0.2, 0.25) is 0 Å². The summed E-state index contributed by atoms with van der Waals surface area (Å²) >= 11 is 0. The van der Waals surface area contributed by atoms with Gasteiger partial charge in [-0.2, -0.15) is 0 Å². The van der Waals surface area contributed by atoms with Crippen molar-refractivity contribution in [2.24, 2.45) is 0 Å². The maximum Gasteiger partial charge on any atom is 0.263 e. The number of nitrogens with one attached hydrogen (secondary N) is 1. The summed E-state index contributed by atoms with van der Waals surface area (Å²) in [5.41, 5.74) is 1.28. The van der Waals surface area contributed by atoms with E-state index in [-0.39, 0.29) is 11.5 Å². The summed E-state index contributed by atoms with van der Waals surface area (Å²) in [6, 6.07) is 11.0. The van der Waals surface area contributed by atoms with Gasteiger partial charge in [-0.25, -0.2) is 4.39 Å². The summed E-state index contributed by atoms with van der Waals surface area (Å²) < 4.78 is 24.9. The zero-order chi connectivity index (χ0) is 20.8. The Morgan fingerprint density at radius 3 is 2.83 bits per heavy atom. The molecule has 3 rings (SSSR count). The molecule has 0 spiro atoms. The highest BCUT2D eigenvalue weighted by atomic mass is 19.1. The standard InChI is InChI=1S/C22H25FN2O4/c1-3-19-22(27)25(11-6-12-28-2)14-15-13-16(9-10-20(15)29-19)24-21(26)17-7-4-5-8-18(17)23/h4-5,7-10,13,19H,3,6,11-12,14H2,1-2H3,(H,24,26). The molecule has 2 aromatic rings. The van der Waals surface area contributed by atoms with E-state index in [2.05, 4.69) is 5.32 Å². The van der Waals surface area contributed by atoms with E-state index < -0.39 is 17.8 Å². The maximum absolute atomic E-state index is 13.9. The van der Waals surface area contributed by atoms with Crippen molar-refractivity contribution >= 4 is 17.5 Å². The van der Waals surface area contributed by atoms with Gasteiger partial charge in [0.15, 0.2) is 6.10 Å². The third-order valence-corrected chi connectivity index (χ3v) is 4.80. The summed E-state index contributed by atoms with van der Waals surface area (Å²) in [5, 5.41) is 2.72. The zero-order valence-electron chi connectivity index (χ0n) is 16.6. The van der Waals surface area contributed by atoms with E-state index >= 15 is 0 Å². The topological polar surface area (TPSA) is 67.9 Å². The molecule has 0 fully saturated rings. The molecule has 1 unspecified atom stereocenters. The average molecular weight is 400 g/mol. The van der Waals surface area contributed by atoms with Gasteiger partial charge in [0.1, 0.15) is 11.6 Å². The first-order valence-corrected chi connectivity index (χ1v) is 9.66. The number of carbonyl (C=O) groups excluding carboxylic acids is 2. The van der Waals surface area contributed by atoms with Crippen LogP contribution in [0.5, 0.6) is 5.75 Å². The molecule has 0 radical (unpaired) electrons. The normalized spacial score (nSPS) is 16.0. The van der Waals surface area contributed by atoms with Gasteiger partial charge in [0, 0.05) is 38.1 Å². The lowest BCUT2D eigenvalue weighted by atomic mass is 10.1. The fourth-order valence-electron chi connectivity index (χ4n) is 3.28. The largest absolute Gasteiger partial charge is 0.480 e. The van der Waals surface area contributed by atoms with Crippen LogP contribution in [0.25, 0.3) is 0 Å². The molecule has 2 amide bonds. The number of rotatable bonds is 7. The Morgan fingerprint density at radius 2 is 2.10 bits per heavy atom. The van der Waals surface area contributed by atoms with Crippen molar-refractivity contribution in [2.75, 3.05) is 25.6 Å². The minimum Gasteiger partial charge on any atom is -0.480 e. The predicted molar refractivity (Wildman–Crippen MR) is 107 cm³/mol. The highest BCUT2D eigenvalue weighted by molar-refractivity contribution is 6.04. The Kier molecular flexibility index (Phi) is 6.82. The number of hydrogen-bond donors (Lipinski definition) is 1. The van der Waals surface area contributed by atoms with Crippen LogP contribution in [0, 0.1) is 5.82 Å². The molecule has 154 valence electrons. The first kappa shape index (κ1) is 20.8. The zero-order valence-corrected chi connectivity index (χ0v) is 16.6. The molecule has 0 bridgehead atoms. The van der Waals surface area contributed by atoms with Crippen LogP contribution < -0.4 is 10.1 Å². The minimum atomic E-state index is -0.580. The fraction of sp³-hybridized carbons (Fsp3) is 0.364. The number of benzene rings is 2. The highest BCUT2D eigenvalue weighted by Crippen LogP contribution is 2.29. The van der Waals surface area contributed by atoms with Crippen molar-refractivity contribution in [3.63, 3.8) is 0 Å². The molecule has 1 aliphatic rings. The van der Waals surface area contributed by atoms with Crippen molar-refractivity contribution in [3.8, 4) is 5.75 Å². The van der Waals surface area contributed by atoms with Crippen LogP contribution in [-0.4, -0.2) is 43.1 Å². The molecule has 7 heteroatoms. The summed E-state index contributed by atoms with van der Waals surface area (Å²) in [4.78, 5) is 26.9. The number of halogens is 1. The van der Waals surface area contributed by atoms with Crippen molar-refractivity contribution in [1.82, 2.24) is 4.90 Å². The van der Waals surface area contributed by atoms with Crippen molar-refractivity contribution < 1.29 is 23.5 Å². The van der Waals surface area contributed by atoms with Crippen LogP contribution in [-0.2, 0) is 16.1 Å². The lowest BCUT2D eigenvalue weighted by Crippen LogP contribution is -2.40. The first-order valence-electron chi connectivity index (χ1n) is 9.66. The number of anilines is 1. The van der Waals surface area contributed by atoms with E-state index in [1.54, 1.807) is 36.3 Å². The number of amides is 2. The molecule has 1 N–H and O–H groups in total. The molecular weight excluding hydrogens is 375 g/mol. The van der Waals surface area contributed by atoms with Crippen LogP contribution in [0.2, 0.25) is 0 Å². The summed E-state index contributed by atoms with van der Waals surface area (Å²) in [7, 11) is 1.63. The van der Waals surface area contributed by atoms with Crippen LogP contribution in [0.1, 0.15) is 35.7 Å². The third kappa shape index (κ3) is 4.92. The molecule has 0 saturated carbocycles. The second-order valence-electron chi connectivity index (χ2n) is 6.88. The molecule has 1 aliphatic heterocycles. The van der Waals surface area contributed by atoms with Crippen LogP contribution in [0.3, 0.4) is 0 Å². The van der Waals surface area contributed by atoms with Gasteiger partial charge in [-0.05, 0) is 43.2 Å². The van der Waals surface area contributed by atoms with E-state index in [0.29, 0.717) is 37.6 Å². The highest BCUT2D eigenvalue weighted by Gasteiger charge is 2.29. The molecule has 0 aliphatic carbocycles. The van der Waals surface area contributed by atoms with Gasteiger partial charge in [-0.1, -0.05) is 19.1 Å². The number of nitrogens with zero attached hydrogens (tertiary/aromatic N) is 1. The van der Waals surface area contributed by atoms with Crippen LogP contribution in [0.4, 0.5) is 10.1 Å². The molecular formula is C22H25FN2O4.